The lowest BCUT2D eigenvalue weighted by Crippen LogP contribution is -2.46. The number of unbranched alkanes of at least 4 members (excludes halogenated alkanes) is 32. The van der Waals surface area contributed by atoms with E-state index in [-0.39, 0.29) is 24.9 Å². The number of allylic oxidation sites excluding steroid dienone is 11. The zero-order valence-corrected chi connectivity index (χ0v) is 46.4. The van der Waals surface area contributed by atoms with Crippen LogP contribution >= 0.6 is 0 Å². The fraction of sp³-hybridized carbons (Fsp3) is 0.781. The smallest absolute Gasteiger partial charge is 0.306 e. The zero-order valence-electron chi connectivity index (χ0n) is 46.4. The van der Waals surface area contributed by atoms with Gasteiger partial charge in [0.05, 0.1) is 25.2 Å². The summed E-state index contributed by atoms with van der Waals surface area (Å²) in [6.45, 7) is 6.37. The number of esters is 1. The molecule has 3 atom stereocenters. The van der Waals surface area contributed by atoms with Crippen LogP contribution in [0, 0.1) is 0 Å². The molecule has 0 radical (unpaired) electrons. The van der Waals surface area contributed by atoms with Crippen LogP contribution in [0.15, 0.2) is 72.9 Å². The number of nitrogens with one attached hydrogen (secondary N) is 1. The van der Waals surface area contributed by atoms with Crippen LogP contribution in [-0.2, 0) is 14.3 Å². The van der Waals surface area contributed by atoms with Gasteiger partial charge in [0.25, 0.3) is 0 Å². The maximum Gasteiger partial charge on any atom is 0.306 e. The van der Waals surface area contributed by atoms with Gasteiger partial charge in [-0.05, 0) is 57.4 Å². The van der Waals surface area contributed by atoms with Crippen LogP contribution in [0.25, 0.3) is 0 Å². The van der Waals surface area contributed by atoms with Gasteiger partial charge in [-0.25, -0.2) is 0 Å². The molecule has 0 heterocycles. The topological polar surface area (TPSA) is 95.9 Å². The molecule has 0 spiro atoms. The Morgan fingerprint density at radius 3 is 1.09 bits per heavy atom. The largest absolute Gasteiger partial charge is 0.458 e. The predicted molar refractivity (Wildman–Crippen MR) is 305 cm³/mol. The number of aliphatic hydroxyl groups excluding tert-OH is 2. The van der Waals surface area contributed by atoms with E-state index in [1.54, 1.807) is 0 Å². The third kappa shape index (κ3) is 51.6. The summed E-state index contributed by atoms with van der Waals surface area (Å²) < 4.78 is 5.86. The summed E-state index contributed by atoms with van der Waals surface area (Å²) in [5.74, 6) is -0.619. The molecule has 406 valence electrons. The lowest BCUT2D eigenvalue weighted by Gasteiger charge is -2.23. The summed E-state index contributed by atoms with van der Waals surface area (Å²) in [5.41, 5.74) is 0. The van der Waals surface area contributed by atoms with E-state index in [0.717, 1.165) is 70.6 Å². The van der Waals surface area contributed by atoms with Gasteiger partial charge in [-0.2, -0.15) is 0 Å². The van der Waals surface area contributed by atoms with Gasteiger partial charge in [0.15, 0.2) is 0 Å². The van der Waals surface area contributed by atoms with Gasteiger partial charge in [0.1, 0.15) is 6.10 Å². The first kappa shape index (κ1) is 67.3. The Balaban J connectivity index is 4.67. The first-order valence-corrected chi connectivity index (χ1v) is 30.2. The molecular weight excluding hydrogens is 863 g/mol. The van der Waals surface area contributed by atoms with E-state index in [1.807, 2.05) is 12.2 Å². The fourth-order valence-corrected chi connectivity index (χ4v) is 9.02. The molecule has 0 aromatic heterocycles. The second kappa shape index (κ2) is 57.2. The number of carbonyl (C=O) groups excluding carboxylic acids is 2. The Kier molecular flexibility index (Phi) is 55.0. The first-order chi connectivity index (χ1) is 34.5. The number of amides is 1. The molecule has 3 unspecified atom stereocenters. The van der Waals surface area contributed by atoms with Crippen LogP contribution in [0.3, 0.4) is 0 Å². The highest BCUT2D eigenvalue weighted by Gasteiger charge is 2.23. The summed E-state index contributed by atoms with van der Waals surface area (Å²) in [4.78, 5) is 26.3. The molecule has 0 aromatic rings. The molecule has 0 aliphatic heterocycles. The minimum atomic E-state index is -0.822. The van der Waals surface area contributed by atoms with Crippen molar-refractivity contribution < 1.29 is 24.5 Å². The molecule has 3 N–H and O–H groups in total. The Morgan fingerprint density at radius 2 is 0.743 bits per heavy atom. The van der Waals surface area contributed by atoms with Gasteiger partial charge >= 0.3 is 5.97 Å². The molecule has 6 heteroatoms. The quantitative estimate of drug-likeness (QED) is 0.0321. The second-order valence-electron chi connectivity index (χ2n) is 20.4. The maximum atomic E-state index is 13.3. The van der Waals surface area contributed by atoms with Crippen LogP contribution in [0.2, 0.25) is 0 Å². The number of hydrogen-bond acceptors (Lipinski definition) is 5. The normalized spacial score (nSPS) is 13.6. The maximum absolute atomic E-state index is 13.3. The third-order valence-corrected chi connectivity index (χ3v) is 13.5. The summed E-state index contributed by atoms with van der Waals surface area (Å²) in [6, 6.07) is -0.745. The molecule has 0 aromatic carbocycles. The molecule has 70 heavy (non-hydrogen) atoms. The van der Waals surface area contributed by atoms with Crippen molar-refractivity contribution in [2.45, 2.75) is 315 Å². The molecule has 0 saturated heterocycles. The first-order valence-electron chi connectivity index (χ1n) is 30.2. The molecule has 0 fully saturated rings. The van der Waals surface area contributed by atoms with E-state index in [2.05, 4.69) is 86.8 Å². The van der Waals surface area contributed by atoms with E-state index in [0.29, 0.717) is 19.3 Å². The van der Waals surface area contributed by atoms with E-state index in [4.69, 9.17) is 4.74 Å². The van der Waals surface area contributed by atoms with E-state index < -0.39 is 18.2 Å². The Labute approximate surface area is 434 Å². The van der Waals surface area contributed by atoms with Gasteiger partial charge in [0, 0.05) is 6.42 Å². The number of ether oxygens (including phenoxy) is 1. The molecular formula is C64H115NO5. The van der Waals surface area contributed by atoms with Crippen molar-refractivity contribution in [3.63, 3.8) is 0 Å². The molecule has 0 aliphatic rings. The van der Waals surface area contributed by atoms with Crippen molar-refractivity contribution >= 4 is 11.9 Å². The number of rotatable bonds is 54. The van der Waals surface area contributed by atoms with Gasteiger partial charge < -0.3 is 20.3 Å². The highest BCUT2D eigenvalue weighted by atomic mass is 16.5. The molecule has 0 aliphatic carbocycles. The summed E-state index contributed by atoms with van der Waals surface area (Å²) in [5, 5.41) is 23.8. The molecule has 6 nitrogen and oxygen atoms in total. The Bertz CT molecular complexity index is 1280. The van der Waals surface area contributed by atoms with Crippen LogP contribution in [0.4, 0.5) is 0 Å². The Morgan fingerprint density at radius 1 is 0.429 bits per heavy atom. The lowest BCUT2D eigenvalue weighted by molar-refractivity contribution is -0.148. The standard InChI is InChI=1S/C64H115NO5/c1-4-7-10-13-16-19-22-25-28-30-31-33-36-39-42-45-48-51-54-57-64(69)70-60(55-52-49-46-43-40-37-35-32-29-26-23-20-17-14-11-8-5-2)58-63(68)65-61(59-66)62(67)56-53-50-47-44-41-38-34-27-24-21-18-15-12-9-6-3/h8,11,17,20,26,29,35,37,43,46,52,55,60-62,66-67H,4-7,9-10,12-16,18-19,21-25,27-28,30-34,36,38-42,44-45,47-51,53-54,56-59H2,1-3H3,(H,65,68)/b11-8-,20-17-,29-26-,37-35-,46-43-,55-52-. The van der Waals surface area contributed by atoms with Crippen molar-refractivity contribution in [3.05, 3.63) is 72.9 Å². The fourth-order valence-electron chi connectivity index (χ4n) is 9.02. The minimum absolute atomic E-state index is 0.0464. The van der Waals surface area contributed by atoms with Crippen molar-refractivity contribution in [2.24, 2.45) is 0 Å². The van der Waals surface area contributed by atoms with Crippen LogP contribution < -0.4 is 5.32 Å². The van der Waals surface area contributed by atoms with Crippen LogP contribution in [-0.4, -0.2) is 46.9 Å². The summed E-state index contributed by atoms with van der Waals surface area (Å²) in [6.07, 6.45) is 74.4. The van der Waals surface area contributed by atoms with Gasteiger partial charge in [0.2, 0.25) is 5.91 Å². The second-order valence-corrected chi connectivity index (χ2v) is 20.4. The average Bonchev–Trinajstić information content (AvgIpc) is 3.35. The monoisotopic (exact) mass is 978 g/mol. The van der Waals surface area contributed by atoms with Crippen molar-refractivity contribution in [3.8, 4) is 0 Å². The van der Waals surface area contributed by atoms with Crippen molar-refractivity contribution in [1.29, 1.82) is 0 Å². The van der Waals surface area contributed by atoms with Crippen LogP contribution in [0.1, 0.15) is 297 Å². The average molecular weight is 979 g/mol. The summed E-state index contributed by atoms with van der Waals surface area (Å²) >= 11 is 0. The minimum Gasteiger partial charge on any atom is -0.458 e. The molecule has 1 amide bonds. The number of aliphatic hydroxyl groups is 2. The highest BCUT2D eigenvalue weighted by molar-refractivity contribution is 5.78. The molecule has 0 bridgehead atoms. The van der Waals surface area contributed by atoms with Gasteiger partial charge in [-0.3, -0.25) is 9.59 Å². The zero-order chi connectivity index (χ0) is 50.9. The highest BCUT2D eigenvalue weighted by Crippen LogP contribution is 2.18. The lowest BCUT2D eigenvalue weighted by atomic mass is 10.0. The number of hydrogen-bond donors (Lipinski definition) is 3. The van der Waals surface area contributed by atoms with E-state index in [1.165, 1.54) is 180 Å². The van der Waals surface area contributed by atoms with Crippen LogP contribution in [0.5, 0.6) is 0 Å². The number of carbonyl (C=O) groups is 2. The SMILES string of the molecule is CC/C=C\C/C=C\C/C=C\C/C=C\C/C=C\C/C=C\C(CC(=O)NC(CO)C(O)CCCCCCCCCCCCCCCCC)OC(=O)CCCCCCCCCCCCCCCCCCCCC. The van der Waals surface area contributed by atoms with Crippen molar-refractivity contribution in [2.75, 3.05) is 6.61 Å². The third-order valence-electron chi connectivity index (χ3n) is 13.5. The Hall–Kier alpha value is -2.70. The molecule has 0 rings (SSSR count). The van der Waals surface area contributed by atoms with Crippen molar-refractivity contribution in [1.82, 2.24) is 5.32 Å². The van der Waals surface area contributed by atoms with E-state index >= 15 is 0 Å². The van der Waals surface area contributed by atoms with Gasteiger partial charge in [-0.1, -0.05) is 299 Å². The van der Waals surface area contributed by atoms with Gasteiger partial charge in [-0.15, -0.1) is 0 Å². The molecule has 0 saturated carbocycles. The summed E-state index contributed by atoms with van der Waals surface area (Å²) in [7, 11) is 0. The predicted octanol–water partition coefficient (Wildman–Crippen LogP) is 18.9. The van der Waals surface area contributed by atoms with E-state index in [9.17, 15) is 19.8 Å².